The molecule has 1 aromatic carbocycles. The maximum atomic E-state index is 13.0. The van der Waals surface area contributed by atoms with Gasteiger partial charge in [0.05, 0.1) is 11.5 Å². The summed E-state index contributed by atoms with van der Waals surface area (Å²) in [4.78, 5) is 36.4. The zero-order chi connectivity index (χ0) is 21.3. The van der Waals surface area contributed by atoms with E-state index in [9.17, 15) is 9.59 Å². The maximum absolute atomic E-state index is 13.0. The Morgan fingerprint density at radius 2 is 1.87 bits per heavy atom. The van der Waals surface area contributed by atoms with Gasteiger partial charge in [-0.05, 0) is 42.9 Å². The first-order valence-corrected chi connectivity index (χ1v) is 10.6. The number of nitrogens with zero attached hydrogens (tertiary/aromatic N) is 3. The molecule has 0 aliphatic carbocycles. The van der Waals surface area contributed by atoms with Crippen molar-refractivity contribution in [2.75, 3.05) is 34.4 Å². The Balaban J connectivity index is 1.59. The number of hydrogen-bond acceptors (Lipinski definition) is 6. The second-order valence-electron chi connectivity index (χ2n) is 8.29. The molecule has 1 unspecified atom stereocenters. The van der Waals surface area contributed by atoms with E-state index in [1.807, 2.05) is 24.3 Å². The molecule has 0 saturated carbocycles. The van der Waals surface area contributed by atoms with Crippen LogP contribution in [0.3, 0.4) is 0 Å². The van der Waals surface area contributed by atoms with E-state index in [0.29, 0.717) is 28.9 Å². The fraction of sp³-hybridized carbons (Fsp3) is 0.455. The van der Waals surface area contributed by atoms with Crippen molar-refractivity contribution in [2.45, 2.75) is 51.4 Å². The van der Waals surface area contributed by atoms with Crippen molar-refractivity contribution in [3.05, 3.63) is 35.4 Å². The van der Waals surface area contributed by atoms with Crippen LogP contribution in [-0.4, -0.2) is 34.9 Å². The number of piperidine rings is 1. The summed E-state index contributed by atoms with van der Waals surface area (Å²) in [6.45, 7) is 5.96. The number of aromatic nitrogens is 2. The molecule has 158 valence electrons. The maximum Gasteiger partial charge on any atom is 0.232 e. The Morgan fingerprint density at radius 3 is 2.53 bits per heavy atom. The third kappa shape index (κ3) is 4.08. The molecule has 1 aromatic heterocycles. The van der Waals surface area contributed by atoms with E-state index < -0.39 is 5.92 Å². The highest BCUT2D eigenvalue weighted by molar-refractivity contribution is 6.05. The number of carbonyl (C=O) groups excluding carboxylic acids is 2. The van der Waals surface area contributed by atoms with Crippen LogP contribution in [-0.2, 0) is 9.59 Å². The topological polar surface area (TPSA) is 113 Å². The molecule has 4 rings (SSSR count). The molecule has 0 bridgehead atoms. The van der Waals surface area contributed by atoms with Crippen molar-refractivity contribution in [1.29, 1.82) is 0 Å². The second-order valence-corrected chi connectivity index (χ2v) is 8.29. The van der Waals surface area contributed by atoms with E-state index in [1.165, 1.54) is 12.0 Å². The summed E-state index contributed by atoms with van der Waals surface area (Å²) in [6.07, 6.45) is 3.36. The molecule has 30 heavy (non-hydrogen) atoms. The quantitative estimate of drug-likeness (QED) is 0.716. The fourth-order valence-electron chi connectivity index (χ4n) is 4.02. The van der Waals surface area contributed by atoms with Crippen molar-refractivity contribution in [1.82, 2.24) is 9.97 Å². The Labute approximate surface area is 176 Å². The van der Waals surface area contributed by atoms with Crippen molar-refractivity contribution >= 4 is 35.1 Å². The highest BCUT2D eigenvalue weighted by atomic mass is 16.2. The van der Waals surface area contributed by atoms with Crippen LogP contribution >= 0.6 is 0 Å². The van der Waals surface area contributed by atoms with Gasteiger partial charge in [0.25, 0.3) is 0 Å². The van der Waals surface area contributed by atoms with Crippen molar-refractivity contribution < 1.29 is 9.59 Å². The molecule has 8 nitrogen and oxygen atoms in total. The first kappa shape index (κ1) is 20.1. The molecule has 1 saturated heterocycles. The molecule has 2 aliphatic rings. The summed E-state index contributed by atoms with van der Waals surface area (Å²) in [5.41, 5.74) is 8.63. The number of amides is 2. The molecule has 4 N–H and O–H groups in total. The summed E-state index contributed by atoms with van der Waals surface area (Å²) >= 11 is 0. The van der Waals surface area contributed by atoms with E-state index in [-0.39, 0.29) is 24.1 Å². The van der Waals surface area contributed by atoms with E-state index in [1.54, 1.807) is 0 Å². The molecule has 0 radical (unpaired) electrons. The predicted octanol–water partition coefficient (Wildman–Crippen LogP) is 3.24. The molecule has 2 aliphatic heterocycles. The summed E-state index contributed by atoms with van der Waals surface area (Å²) < 4.78 is 0. The largest absolute Gasteiger partial charge is 0.383 e. The zero-order valence-corrected chi connectivity index (χ0v) is 17.4. The van der Waals surface area contributed by atoms with E-state index in [2.05, 4.69) is 39.3 Å². The van der Waals surface area contributed by atoms with Gasteiger partial charge in [0.15, 0.2) is 0 Å². The summed E-state index contributed by atoms with van der Waals surface area (Å²) in [6, 6.07) is 7.72. The van der Waals surface area contributed by atoms with Crippen LogP contribution < -0.4 is 21.3 Å². The second kappa shape index (κ2) is 8.30. The molecular weight excluding hydrogens is 380 g/mol. The molecule has 1 atom stereocenters. The number of nitrogens with two attached hydrogens (primary N) is 1. The average Bonchev–Trinajstić information content (AvgIpc) is 2.73. The minimum atomic E-state index is -0.728. The van der Waals surface area contributed by atoms with Crippen molar-refractivity contribution in [2.24, 2.45) is 0 Å². The van der Waals surface area contributed by atoms with Crippen LogP contribution in [0.1, 0.15) is 62.5 Å². The molecular formula is C22H28N6O2. The highest BCUT2D eigenvalue weighted by Crippen LogP contribution is 2.37. The first-order chi connectivity index (χ1) is 14.4. The lowest BCUT2D eigenvalue weighted by atomic mass is 9.91. The van der Waals surface area contributed by atoms with E-state index in [0.717, 1.165) is 25.9 Å². The van der Waals surface area contributed by atoms with E-state index >= 15 is 0 Å². The van der Waals surface area contributed by atoms with Crippen LogP contribution in [0, 0.1) is 0 Å². The Morgan fingerprint density at radius 1 is 1.17 bits per heavy atom. The van der Waals surface area contributed by atoms with Gasteiger partial charge in [-0.15, -0.1) is 0 Å². The minimum Gasteiger partial charge on any atom is -0.383 e. The number of carbonyl (C=O) groups is 2. The molecule has 3 heterocycles. The standard InChI is InChI=1S/C22H28N6O2/c1-13(2)14-6-8-15(9-7-14)24-21(30)16-12-17(29)25-20-18(16)19(23)26-22(27-20)28-10-4-3-5-11-28/h6-9,13,16H,3-5,10-12H2,1-2H3,(H,24,30)(H3,23,25,26,27,29). The van der Waals surface area contributed by atoms with Crippen LogP contribution in [0.15, 0.2) is 24.3 Å². The van der Waals surface area contributed by atoms with Gasteiger partial charge in [-0.3, -0.25) is 9.59 Å². The van der Waals surface area contributed by atoms with Gasteiger partial charge in [0.1, 0.15) is 11.6 Å². The molecule has 2 aromatic rings. The van der Waals surface area contributed by atoms with Gasteiger partial charge >= 0.3 is 0 Å². The van der Waals surface area contributed by atoms with Gasteiger partial charge in [-0.1, -0.05) is 26.0 Å². The van der Waals surface area contributed by atoms with Gasteiger partial charge in [0, 0.05) is 25.2 Å². The number of hydrogen-bond donors (Lipinski definition) is 3. The van der Waals surface area contributed by atoms with Crippen LogP contribution in [0.4, 0.5) is 23.3 Å². The smallest absolute Gasteiger partial charge is 0.232 e. The van der Waals surface area contributed by atoms with Crippen molar-refractivity contribution in [3.8, 4) is 0 Å². The monoisotopic (exact) mass is 408 g/mol. The van der Waals surface area contributed by atoms with Crippen LogP contribution in [0.2, 0.25) is 0 Å². The summed E-state index contributed by atoms with van der Waals surface area (Å²) in [5, 5.41) is 5.68. The molecule has 0 spiro atoms. The van der Waals surface area contributed by atoms with Gasteiger partial charge < -0.3 is 21.3 Å². The van der Waals surface area contributed by atoms with Gasteiger partial charge in [-0.2, -0.15) is 9.97 Å². The number of rotatable bonds is 4. The highest BCUT2D eigenvalue weighted by Gasteiger charge is 2.35. The number of fused-ring (bicyclic) bond motifs is 1. The lowest BCUT2D eigenvalue weighted by Crippen LogP contribution is -2.35. The normalized spacial score (nSPS) is 18.7. The zero-order valence-electron chi connectivity index (χ0n) is 17.4. The Kier molecular flexibility index (Phi) is 5.57. The van der Waals surface area contributed by atoms with Crippen LogP contribution in [0.5, 0.6) is 0 Å². The van der Waals surface area contributed by atoms with Crippen LogP contribution in [0.25, 0.3) is 0 Å². The van der Waals surface area contributed by atoms with Gasteiger partial charge in [-0.25, -0.2) is 0 Å². The Hall–Kier alpha value is -3.16. The lowest BCUT2D eigenvalue weighted by molar-refractivity contribution is -0.123. The minimum absolute atomic E-state index is 0.0134. The lowest BCUT2D eigenvalue weighted by Gasteiger charge is -2.30. The molecule has 1 fully saturated rings. The number of nitrogen functional groups attached to an aromatic ring is 1. The SMILES string of the molecule is CC(C)c1ccc(NC(=O)C2CC(=O)Nc3nc(N4CCCCC4)nc(N)c32)cc1. The first-order valence-electron chi connectivity index (χ1n) is 10.6. The summed E-state index contributed by atoms with van der Waals surface area (Å²) in [5.74, 6) is 0.246. The van der Waals surface area contributed by atoms with E-state index in [4.69, 9.17) is 5.73 Å². The predicted molar refractivity (Wildman–Crippen MR) is 118 cm³/mol. The number of anilines is 4. The van der Waals surface area contributed by atoms with Crippen molar-refractivity contribution in [3.63, 3.8) is 0 Å². The Bertz CT molecular complexity index is 951. The molecule has 8 heteroatoms. The third-order valence-corrected chi connectivity index (χ3v) is 5.76. The third-order valence-electron chi connectivity index (χ3n) is 5.76. The summed E-state index contributed by atoms with van der Waals surface area (Å²) in [7, 11) is 0. The average molecular weight is 409 g/mol. The number of nitrogens with one attached hydrogen (secondary N) is 2. The fourth-order valence-corrected chi connectivity index (χ4v) is 4.02. The number of benzene rings is 1. The molecule has 2 amide bonds. The van der Waals surface area contributed by atoms with Gasteiger partial charge in [0.2, 0.25) is 17.8 Å².